The monoisotopic (exact) mass is 803 g/mol. The number of carboxylic acids is 1. The Morgan fingerprint density at radius 3 is 1.60 bits per heavy atom. The van der Waals surface area contributed by atoms with E-state index in [1.54, 1.807) is 59.6 Å². The van der Waals surface area contributed by atoms with Crippen LogP contribution in [0.4, 0.5) is 17.1 Å². The minimum absolute atomic E-state index is 0.108. The number of aliphatic carboxylic acids is 1. The topological polar surface area (TPSA) is 165 Å². The molecule has 8 rings (SSSR count). The van der Waals surface area contributed by atoms with Crippen molar-refractivity contribution in [2.75, 3.05) is 41.7 Å². The lowest BCUT2D eigenvalue weighted by Crippen LogP contribution is -2.34. The molecular weight excluding hydrogens is 763 g/mol. The molecule has 0 atom stereocenters. The quantitative estimate of drug-likeness (QED) is 0.0803. The number of esters is 2. The van der Waals surface area contributed by atoms with E-state index >= 15 is 0 Å². The van der Waals surface area contributed by atoms with Crippen LogP contribution in [0.25, 0.3) is 0 Å². The van der Waals surface area contributed by atoms with Crippen molar-refractivity contribution >= 4 is 63.4 Å². The number of para-hydroxylation sites is 2. The first kappa shape index (κ1) is 40.3. The van der Waals surface area contributed by atoms with E-state index in [0.29, 0.717) is 40.2 Å². The Bertz CT molecular complexity index is 2250. The standard InChI is InChI=1S/C22H20N2O3S.C11H13NO2.C10H8N2O2S/c25-18(15-24-12-3-5-17-4-1-2-6-20(17)24)14-16-7-9-19(10-8-16)27-22(26)21-23-11-13-28-21;13-11(14)8-12-7-3-5-9-4-1-2-6-10(9)12;11-7-1-3-8(4-2-7)14-10(13)9-12-5-6-15-9/h1-2,4,6-11,13H,3,5,12,14-15H2;1-2,4,6H,3,5,7-8H2,(H,13,14);1-6H,11H2. The van der Waals surface area contributed by atoms with E-state index in [1.807, 2.05) is 47.4 Å². The van der Waals surface area contributed by atoms with E-state index in [4.69, 9.17) is 20.3 Å². The van der Waals surface area contributed by atoms with Gasteiger partial charge in [-0.25, -0.2) is 19.6 Å². The maximum Gasteiger partial charge on any atom is 0.372 e. The highest BCUT2D eigenvalue weighted by Crippen LogP contribution is 2.27. The van der Waals surface area contributed by atoms with E-state index in [-0.39, 0.29) is 12.3 Å². The van der Waals surface area contributed by atoms with Gasteiger partial charge in [-0.2, -0.15) is 0 Å². The molecule has 0 saturated carbocycles. The highest BCUT2D eigenvalue weighted by atomic mass is 32.1. The zero-order valence-corrected chi connectivity index (χ0v) is 32.6. The lowest BCUT2D eigenvalue weighted by molar-refractivity contribution is -0.135. The molecule has 0 saturated heterocycles. The molecule has 0 radical (unpaired) electrons. The van der Waals surface area contributed by atoms with E-state index in [2.05, 4.69) is 33.1 Å². The Morgan fingerprint density at radius 2 is 1.12 bits per heavy atom. The summed E-state index contributed by atoms with van der Waals surface area (Å²) in [5.74, 6) is -0.603. The first-order valence-corrected chi connectivity index (χ1v) is 20.0. The number of Topliss-reactive ketones (excluding diaryl/α,β-unsaturated/α-hetero) is 1. The number of hydrogen-bond acceptors (Lipinski definition) is 13. The minimum atomic E-state index is -0.762. The van der Waals surface area contributed by atoms with Gasteiger partial charge in [0.15, 0.2) is 5.78 Å². The summed E-state index contributed by atoms with van der Waals surface area (Å²) in [4.78, 5) is 58.5. The molecule has 0 amide bonds. The number of rotatable bonds is 10. The Hall–Kier alpha value is -6.38. The summed E-state index contributed by atoms with van der Waals surface area (Å²) in [6.45, 7) is 2.28. The maximum absolute atomic E-state index is 12.6. The van der Waals surface area contributed by atoms with Crippen molar-refractivity contribution < 1.29 is 33.8 Å². The molecule has 6 aromatic rings. The summed E-state index contributed by atoms with van der Waals surface area (Å²) < 4.78 is 10.4. The fourth-order valence-corrected chi connectivity index (χ4v) is 7.39. The second kappa shape index (κ2) is 20.0. The third kappa shape index (κ3) is 11.8. The van der Waals surface area contributed by atoms with Crippen LogP contribution in [-0.2, 0) is 28.9 Å². The SMILES string of the molecule is Nc1ccc(OC(=O)c2nccs2)cc1.O=C(Cc1ccc(OC(=O)c2nccs2)cc1)CN1CCCc2ccccc21.O=C(O)CN1CCCc2ccccc21. The van der Waals surface area contributed by atoms with E-state index in [1.165, 1.54) is 39.5 Å². The second-order valence-corrected chi connectivity index (χ2v) is 14.9. The first-order chi connectivity index (χ1) is 27.7. The fourth-order valence-electron chi connectivity index (χ4n) is 6.37. The number of aryl methyl sites for hydroxylation is 2. The largest absolute Gasteiger partial charge is 0.480 e. The number of nitrogen functional groups attached to an aromatic ring is 1. The summed E-state index contributed by atoms with van der Waals surface area (Å²) in [5, 5.41) is 12.9. The van der Waals surface area contributed by atoms with E-state index < -0.39 is 17.9 Å². The van der Waals surface area contributed by atoms with Crippen LogP contribution in [0.15, 0.2) is 120 Å². The van der Waals surface area contributed by atoms with Gasteiger partial charge >= 0.3 is 17.9 Å². The first-order valence-electron chi connectivity index (χ1n) is 18.3. The number of aromatic nitrogens is 2. The van der Waals surface area contributed by atoms with E-state index in [0.717, 1.165) is 50.0 Å². The molecule has 4 heterocycles. The van der Waals surface area contributed by atoms with Crippen LogP contribution in [0.1, 0.15) is 49.1 Å². The Balaban J connectivity index is 0.000000159. The van der Waals surface area contributed by atoms with Crippen molar-refractivity contribution in [1.29, 1.82) is 0 Å². The van der Waals surface area contributed by atoms with Gasteiger partial charge in [0.2, 0.25) is 10.0 Å². The molecule has 0 bridgehead atoms. The molecule has 2 aliphatic heterocycles. The van der Waals surface area contributed by atoms with Crippen LogP contribution in [0, 0.1) is 0 Å². The van der Waals surface area contributed by atoms with Crippen molar-refractivity contribution in [3.8, 4) is 11.5 Å². The zero-order valence-electron chi connectivity index (χ0n) is 31.0. The third-order valence-corrected chi connectivity index (χ3v) is 10.5. The normalized spacial score (nSPS) is 12.7. The number of carboxylic acid groups (broad SMARTS) is 1. The summed E-state index contributed by atoms with van der Waals surface area (Å²) in [6.07, 6.45) is 7.74. The molecule has 0 spiro atoms. The summed E-state index contributed by atoms with van der Waals surface area (Å²) >= 11 is 2.48. The van der Waals surface area contributed by atoms with Crippen LogP contribution >= 0.6 is 22.7 Å². The third-order valence-electron chi connectivity index (χ3n) is 8.95. The van der Waals surface area contributed by atoms with Gasteiger partial charge in [0.05, 0.1) is 6.54 Å². The fraction of sp³-hybridized carbons (Fsp3) is 0.209. The number of ether oxygens (including phenoxy) is 2. The molecule has 0 aliphatic carbocycles. The van der Waals surface area contributed by atoms with Gasteiger partial charge in [-0.15, -0.1) is 22.7 Å². The summed E-state index contributed by atoms with van der Waals surface area (Å²) in [6, 6.07) is 30.0. The molecule has 0 unspecified atom stereocenters. The van der Waals surface area contributed by atoms with Crippen molar-refractivity contribution in [2.24, 2.45) is 0 Å². The van der Waals surface area contributed by atoms with Crippen molar-refractivity contribution in [3.63, 3.8) is 0 Å². The molecule has 3 N–H and O–H groups in total. The number of fused-ring (bicyclic) bond motifs is 2. The number of hydrogen-bond donors (Lipinski definition) is 2. The van der Waals surface area contributed by atoms with Gasteiger partial charge in [0.1, 0.15) is 18.0 Å². The van der Waals surface area contributed by atoms with Crippen molar-refractivity contribution in [3.05, 3.63) is 147 Å². The minimum Gasteiger partial charge on any atom is -0.480 e. The Morgan fingerprint density at radius 1 is 0.649 bits per heavy atom. The van der Waals surface area contributed by atoms with Gasteiger partial charge in [0, 0.05) is 59.7 Å². The number of ketones is 1. The van der Waals surface area contributed by atoms with Crippen LogP contribution in [0.3, 0.4) is 0 Å². The number of carbonyl (C=O) groups is 4. The maximum atomic E-state index is 12.6. The number of thiazole rings is 2. The molecule has 4 aromatic carbocycles. The lowest BCUT2D eigenvalue weighted by Gasteiger charge is -2.30. The number of benzene rings is 4. The molecule has 2 aromatic heterocycles. The average Bonchev–Trinajstić information content (AvgIpc) is 3.97. The van der Waals surface area contributed by atoms with Gasteiger partial charge in [0.25, 0.3) is 0 Å². The summed E-state index contributed by atoms with van der Waals surface area (Å²) in [5.41, 5.74) is 11.9. The second-order valence-electron chi connectivity index (χ2n) is 13.1. The lowest BCUT2D eigenvalue weighted by atomic mass is 10.0. The Kier molecular flexibility index (Phi) is 14.1. The van der Waals surface area contributed by atoms with Gasteiger partial charge < -0.3 is 30.1 Å². The molecule has 292 valence electrons. The molecule has 2 aliphatic rings. The van der Waals surface area contributed by atoms with E-state index in [9.17, 15) is 19.2 Å². The zero-order chi connectivity index (χ0) is 40.0. The predicted octanol–water partition coefficient (Wildman–Crippen LogP) is 7.40. The summed E-state index contributed by atoms with van der Waals surface area (Å²) in [7, 11) is 0. The van der Waals surface area contributed by atoms with Gasteiger partial charge in [-0.1, -0.05) is 48.5 Å². The number of nitrogens with two attached hydrogens (primary N) is 1. The highest BCUT2D eigenvalue weighted by molar-refractivity contribution is 7.11. The van der Waals surface area contributed by atoms with Gasteiger partial charge in [-0.05, 0) is 90.9 Å². The van der Waals surface area contributed by atoms with Crippen LogP contribution in [0.2, 0.25) is 0 Å². The Labute approximate surface area is 338 Å². The smallest absolute Gasteiger partial charge is 0.372 e. The van der Waals surface area contributed by atoms with Crippen molar-refractivity contribution in [1.82, 2.24) is 9.97 Å². The molecule has 0 fully saturated rings. The highest BCUT2D eigenvalue weighted by Gasteiger charge is 2.20. The molecule has 14 heteroatoms. The number of nitrogens with zero attached hydrogens (tertiary/aromatic N) is 4. The van der Waals surface area contributed by atoms with Crippen molar-refractivity contribution in [2.45, 2.75) is 32.1 Å². The van der Waals surface area contributed by atoms with Crippen LogP contribution < -0.4 is 25.0 Å². The number of anilines is 3. The molecule has 12 nitrogen and oxygen atoms in total. The average molecular weight is 804 g/mol. The van der Waals surface area contributed by atoms with Crippen LogP contribution in [-0.4, -0.2) is 64.9 Å². The molecule has 57 heavy (non-hydrogen) atoms. The number of carbonyl (C=O) groups excluding carboxylic acids is 3. The van der Waals surface area contributed by atoms with Gasteiger partial charge in [-0.3, -0.25) is 9.59 Å². The molecular formula is C43H41N5O7S2. The van der Waals surface area contributed by atoms with Crippen LogP contribution in [0.5, 0.6) is 11.5 Å². The predicted molar refractivity (Wildman–Crippen MR) is 222 cm³/mol.